The van der Waals surface area contributed by atoms with Crippen LogP contribution in [0.2, 0.25) is 0 Å². The second-order valence-electron chi connectivity index (χ2n) is 4.85. The van der Waals surface area contributed by atoms with Crippen LogP contribution in [0.3, 0.4) is 0 Å². The molecule has 0 fully saturated rings. The molecule has 19 heavy (non-hydrogen) atoms. The van der Waals surface area contributed by atoms with E-state index in [-0.39, 0.29) is 23.8 Å². The number of carbonyl (C=O) groups is 1. The van der Waals surface area contributed by atoms with Gasteiger partial charge in [0.2, 0.25) is 0 Å². The number of hydrogen-bond acceptors (Lipinski definition) is 3. The van der Waals surface area contributed by atoms with E-state index in [2.05, 4.69) is 5.32 Å². The third kappa shape index (κ3) is 5.26. The fourth-order valence-electron chi connectivity index (χ4n) is 1.45. The molecule has 5 heteroatoms. The minimum atomic E-state index is -0.872. The first kappa shape index (κ1) is 15.4. The molecule has 0 aliphatic carbocycles. The van der Waals surface area contributed by atoms with Crippen molar-refractivity contribution in [3.05, 3.63) is 29.6 Å². The first-order chi connectivity index (χ1) is 8.90. The van der Waals surface area contributed by atoms with Gasteiger partial charge in [0.05, 0.1) is 6.10 Å². The van der Waals surface area contributed by atoms with Crippen molar-refractivity contribution in [2.75, 3.05) is 13.2 Å². The van der Waals surface area contributed by atoms with Crippen molar-refractivity contribution in [3.63, 3.8) is 0 Å². The van der Waals surface area contributed by atoms with E-state index in [4.69, 9.17) is 4.74 Å². The number of carbonyl (C=O) groups excluding carboxylic acids is 1. The molecule has 0 heterocycles. The van der Waals surface area contributed by atoms with Crippen molar-refractivity contribution < 1.29 is 19.0 Å². The molecule has 2 N–H and O–H groups in total. The summed E-state index contributed by atoms with van der Waals surface area (Å²) in [6.45, 7) is 5.90. The number of hydrogen-bond donors (Lipinski definition) is 2. The molecular weight excluding hydrogens is 249 g/mol. The minimum absolute atomic E-state index is 0.153. The molecule has 106 valence electrons. The maximum absolute atomic E-state index is 13.5. The van der Waals surface area contributed by atoms with E-state index in [1.807, 2.05) is 13.8 Å². The zero-order chi connectivity index (χ0) is 14.4. The van der Waals surface area contributed by atoms with E-state index in [1.54, 1.807) is 0 Å². The summed E-state index contributed by atoms with van der Waals surface area (Å²) < 4.78 is 18.7. The van der Waals surface area contributed by atoms with Gasteiger partial charge in [-0.3, -0.25) is 4.79 Å². The lowest BCUT2D eigenvalue weighted by Crippen LogP contribution is -2.31. The van der Waals surface area contributed by atoms with Crippen LogP contribution in [0, 0.1) is 11.7 Å². The molecule has 0 aliphatic heterocycles. The van der Waals surface area contributed by atoms with Crippen LogP contribution in [-0.2, 0) is 4.79 Å². The van der Waals surface area contributed by atoms with Gasteiger partial charge < -0.3 is 15.2 Å². The summed E-state index contributed by atoms with van der Waals surface area (Å²) in [5.74, 6) is -0.155. The average molecular weight is 269 g/mol. The molecule has 0 aliphatic rings. The lowest BCUT2D eigenvalue weighted by Gasteiger charge is -2.11. The molecule has 0 saturated carbocycles. The molecule has 1 amide bonds. The number of benzene rings is 1. The highest BCUT2D eigenvalue weighted by molar-refractivity contribution is 5.77. The summed E-state index contributed by atoms with van der Waals surface area (Å²) in [6.07, 6.45) is -0.872. The lowest BCUT2D eigenvalue weighted by atomic mass is 10.1. The van der Waals surface area contributed by atoms with E-state index in [1.165, 1.54) is 19.1 Å². The van der Waals surface area contributed by atoms with Crippen LogP contribution >= 0.6 is 0 Å². The topological polar surface area (TPSA) is 58.6 Å². The molecule has 1 atom stereocenters. The smallest absolute Gasteiger partial charge is 0.257 e. The summed E-state index contributed by atoms with van der Waals surface area (Å²) >= 11 is 0. The molecule has 0 saturated heterocycles. The number of nitrogens with one attached hydrogen (secondary N) is 1. The Balaban J connectivity index is 2.50. The molecule has 1 aromatic carbocycles. The second kappa shape index (κ2) is 7.09. The van der Waals surface area contributed by atoms with Gasteiger partial charge in [-0.15, -0.1) is 0 Å². The zero-order valence-corrected chi connectivity index (χ0v) is 11.4. The van der Waals surface area contributed by atoms with Gasteiger partial charge in [0.15, 0.2) is 6.61 Å². The summed E-state index contributed by atoms with van der Waals surface area (Å²) in [5.41, 5.74) is 0.205. The van der Waals surface area contributed by atoms with Gasteiger partial charge in [0.1, 0.15) is 11.6 Å². The highest BCUT2D eigenvalue weighted by atomic mass is 19.1. The Morgan fingerprint density at radius 1 is 1.42 bits per heavy atom. The quantitative estimate of drug-likeness (QED) is 0.830. The maximum Gasteiger partial charge on any atom is 0.257 e. The largest absolute Gasteiger partial charge is 0.484 e. The van der Waals surface area contributed by atoms with Gasteiger partial charge in [0, 0.05) is 18.2 Å². The Labute approximate surface area is 112 Å². The summed E-state index contributed by atoms with van der Waals surface area (Å²) in [4.78, 5) is 11.4. The lowest BCUT2D eigenvalue weighted by molar-refractivity contribution is -0.123. The summed E-state index contributed by atoms with van der Waals surface area (Å²) in [5, 5.41) is 12.0. The van der Waals surface area contributed by atoms with Crippen LogP contribution < -0.4 is 10.1 Å². The molecule has 1 rings (SSSR count). The number of ether oxygens (including phenoxy) is 1. The van der Waals surface area contributed by atoms with Crippen LogP contribution in [0.1, 0.15) is 32.4 Å². The number of amides is 1. The predicted octanol–water partition coefficient (Wildman–Crippen LogP) is 2.03. The predicted molar refractivity (Wildman–Crippen MR) is 70.4 cm³/mol. The third-order valence-electron chi connectivity index (χ3n) is 2.50. The minimum Gasteiger partial charge on any atom is -0.484 e. The molecule has 0 unspecified atom stereocenters. The van der Waals surface area contributed by atoms with Crippen molar-refractivity contribution in [3.8, 4) is 5.75 Å². The first-order valence-corrected chi connectivity index (χ1v) is 6.27. The van der Waals surface area contributed by atoms with Gasteiger partial charge in [-0.2, -0.15) is 0 Å². The molecule has 1 aromatic rings. The van der Waals surface area contributed by atoms with Crippen molar-refractivity contribution in [2.45, 2.75) is 26.9 Å². The van der Waals surface area contributed by atoms with E-state index in [0.29, 0.717) is 12.5 Å². The molecule has 0 spiro atoms. The average Bonchev–Trinajstić information content (AvgIpc) is 2.33. The number of rotatable bonds is 6. The van der Waals surface area contributed by atoms with Crippen molar-refractivity contribution >= 4 is 5.91 Å². The fourth-order valence-corrected chi connectivity index (χ4v) is 1.45. The van der Waals surface area contributed by atoms with E-state index >= 15 is 0 Å². The standard InChI is InChI=1S/C14H20FNO3/c1-9(2)7-16-14(18)8-19-11-4-5-12(10(3)17)13(15)6-11/h4-6,9-10,17H,7-8H2,1-3H3,(H,16,18)/t10-/m0/s1. The van der Waals surface area contributed by atoms with Crippen molar-refractivity contribution in [2.24, 2.45) is 5.92 Å². The SMILES string of the molecule is CC(C)CNC(=O)COc1ccc([C@H](C)O)c(F)c1. The molecule has 0 aromatic heterocycles. The fraction of sp³-hybridized carbons (Fsp3) is 0.500. The van der Waals surface area contributed by atoms with Gasteiger partial charge in [0.25, 0.3) is 5.91 Å². The van der Waals surface area contributed by atoms with Gasteiger partial charge in [-0.05, 0) is 25.0 Å². The Hall–Kier alpha value is -1.62. The van der Waals surface area contributed by atoms with Crippen LogP contribution in [0.5, 0.6) is 5.75 Å². The summed E-state index contributed by atoms with van der Waals surface area (Å²) in [7, 11) is 0. The molecule has 0 radical (unpaired) electrons. The first-order valence-electron chi connectivity index (χ1n) is 6.27. The van der Waals surface area contributed by atoms with Crippen LogP contribution in [0.15, 0.2) is 18.2 Å². The molecule has 4 nitrogen and oxygen atoms in total. The Morgan fingerprint density at radius 2 is 2.11 bits per heavy atom. The third-order valence-corrected chi connectivity index (χ3v) is 2.50. The van der Waals surface area contributed by atoms with E-state index in [0.717, 1.165) is 6.07 Å². The van der Waals surface area contributed by atoms with E-state index < -0.39 is 11.9 Å². The normalized spacial score (nSPS) is 12.3. The van der Waals surface area contributed by atoms with Crippen LogP contribution in [0.4, 0.5) is 4.39 Å². The number of aliphatic hydroxyl groups is 1. The van der Waals surface area contributed by atoms with Crippen molar-refractivity contribution in [1.82, 2.24) is 5.32 Å². The Bertz CT molecular complexity index is 433. The second-order valence-corrected chi connectivity index (χ2v) is 4.85. The van der Waals surface area contributed by atoms with E-state index in [9.17, 15) is 14.3 Å². The van der Waals surface area contributed by atoms with Crippen LogP contribution in [0.25, 0.3) is 0 Å². The Kier molecular flexibility index (Phi) is 5.76. The number of aliphatic hydroxyl groups excluding tert-OH is 1. The monoisotopic (exact) mass is 269 g/mol. The molecule has 0 bridgehead atoms. The van der Waals surface area contributed by atoms with Gasteiger partial charge >= 0.3 is 0 Å². The zero-order valence-electron chi connectivity index (χ0n) is 11.4. The Morgan fingerprint density at radius 3 is 2.63 bits per heavy atom. The maximum atomic E-state index is 13.5. The van der Waals surface area contributed by atoms with Gasteiger partial charge in [-0.1, -0.05) is 13.8 Å². The van der Waals surface area contributed by atoms with Gasteiger partial charge in [-0.25, -0.2) is 4.39 Å². The van der Waals surface area contributed by atoms with Crippen LogP contribution in [-0.4, -0.2) is 24.2 Å². The number of halogens is 1. The highest BCUT2D eigenvalue weighted by Crippen LogP contribution is 2.21. The summed E-state index contributed by atoms with van der Waals surface area (Å²) in [6, 6.07) is 4.14. The molecular formula is C14H20FNO3. The highest BCUT2D eigenvalue weighted by Gasteiger charge is 2.10. The van der Waals surface area contributed by atoms with Crippen molar-refractivity contribution in [1.29, 1.82) is 0 Å².